The smallest absolute Gasteiger partial charge is 0.237 e. The van der Waals surface area contributed by atoms with Gasteiger partial charge in [-0.1, -0.05) is 12.1 Å². The summed E-state index contributed by atoms with van der Waals surface area (Å²) in [5.41, 5.74) is 0. The molecule has 2 unspecified atom stereocenters. The van der Waals surface area contributed by atoms with E-state index in [1.165, 1.54) is 0 Å². The zero-order valence-electron chi connectivity index (χ0n) is 11.5. The maximum absolute atomic E-state index is 11.5. The highest BCUT2D eigenvalue weighted by Crippen LogP contribution is 2.28. The molecule has 6 nitrogen and oxygen atoms in total. The third kappa shape index (κ3) is 2.30. The molecule has 2 atom stereocenters. The van der Waals surface area contributed by atoms with E-state index >= 15 is 0 Å². The number of ketones is 1. The molecule has 0 N–H and O–H groups in total. The SMILES string of the molecule is CCC(C(C)=O)c1nc(C2CN3CCN2CC3)no1. The molecule has 3 aliphatic rings. The number of aromatic nitrogens is 2. The third-order valence-corrected chi connectivity index (χ3v) is 4.23. The summed E-state index contributed by atoms with van der Waals surface area (Å²) in [5.74, 6) is 1.05. The molecule has 3 saturated heterocycles. The Balaban J connectivity index is 1.79. The number of nitrogens with zero attached hydrogens (tertiary/aromatic N) is 4. The molecule has 1 aromatic heterocycles. The highest BCUT2D eigenvalue weighted by atomic mass is 16.5. The number of hydrogen-bond donors (Lipinski definition) is 0. The molecule has 0 aliphatic carbocycles. The van der Waals surface area contributed by atoms with Gasteiger partial charge in [-0.25, -0.2) is 0 Å². The van der Waals surface area contributed by atoms with Crippen molar-refractivity contribution in [2.24, 2.45) is 0 Å². The second kappa shape index (κ2) is 5.02. The Labute approximate surface area is 112 Å². The van der Waals surface area contributed by atoms with Crippen molar-refractivity contribution in [1.29, 1.82) is 0 Å². The molecule has 0 amide bonds. The van der Waals surface area contributed by atoms with Crippen LogP contribution in [0.15, 0.2) is 4.52 Å². The number of rotatable bonds is 4. The van der Waals surface area contributed by atoms with Crippen LogP contribution in [-0.4, -0.2) is 58.4 Å². The van der Waals surface area contributed by atoms with E-state index in [0.29, 0.717) is 12.3 Å². The van der Waals surface area contributed by atoms with Crippen LogP contribution >= 0.6 is 0 Å². The monoisotopic (exact) mass is 264 g/mol. The van der Waals surface area contributed by atoms with E-state index in [1.54, 1.807) is 6.92 Å². The van der Waals surface area contributed by atoms with Crippen molar-refractivity contribution >= 4 is 5.78 Å². The molecule has 3 aliphatic heterocycles. The number of carbonyl (C=O) groups is 1. The lowest BCUT2D eigenvalue weighted by Gasteiger charge is -2.46. The van der Waals surface area contributed by atoms with Crippen LogP contribution in [0.1, 0.15) is 43.9 Å². The molecule has 4 rings (SSSR count). The fraction of sp³-hybridized carbons (Fsp3) is 0.769. The first-order chi connectivity index (χ1) is 9.19. The Morgan fingerprint density at radius 3 is 2.68 bits per heavy atom. The van der Waals surface area contributed by atoms with Gasteiger partial charge in [0.15, 0.2) is 5.82 Å². The zero-order chi connectivity index (χ0) is 13.4. The summed E-state index contributed by atoms with van der Waals surface area (Å²) in [7, 11) is 0. The van der Waals surface area contributed by atoms with Gasteiger partial charge < -0.3 is 4.52 Å². The van der Waals surface area contributed by atoms with Gasteiger partial charge in [0.05, 0.1) is 12.0 Å². The molecule has 1 aromatic rings. The van der Waals surface area contributed by atoms with Crippen LogP contribution in [0.4, 0.5) is 0 Å². The second-order valence-electron chi connectivity index (χ2n) is 5.41. The van der Waals surface area contributed by atoms with Crippen molar-refractivity contribution in [3.8, 4) is 0 Å². The molecule has 6 heteroatoms. The average molecular weight is 264 g/mol. The van der Waals surface area contributed by atoms with E-state index in [-0.39, 0.29) is 17.7 Å². The van der Waals surface area contributed by atoms with Crippen molar-refractivity contribution < 1.29 is 9.32 Å². The van der Waals surface area contributed by atoms with Gasteiger partial charge in [0.1, 0.15) is 5.78 Å². The molecular formula is C13H20N4O2. The predicted molar refractivity (Wildman–Crippen MR) is 68.8 cm³/mol. The summed E-state index contributed by atoms with van der Waals surface area (Å²) in [6, 6.07) is 0.226. The van der Waals surface area contributed by atoms with Gasteiger partial charge in [-0.3, -0.25) is 14.6 Å². The van der Waals surface area contributed by atoms with Crippen molar-refractivity contribution in [1.82, 2.24) is 19.9 Å². The highest BCUT2D eigenvalue weighted by Gasteiger charge is 2.36. The lowest BCUT2D eigenvalue weighted by molar-refractivity contribution is -0.119. The largest absolute Gasteiger partial charge is 0.338 e. The first kappa shape index (κ1) is 12.7. The van der Waals surface area contributed by atoms with E-state index in [0.717, 1.165) is 38.5 Å². The lowest BCUT2D eigenvalue weighted by atomic mass is 10.0. The van der Waals surface area contributed by atoms with E-state index in [2.05, 4.69) is 19.9 Å². The van der Waals surface area contributed by atoms with Crippen LogP contribution in [0.2, 0.25) is 0 Å². The van der Waals surface area contributed by atoms with Crippen LogP contribution in [0.3, 0.4) is 0 Å². The quantitative estimate of drug-likeness (QED) is 0.802. The van der Waals surface area contributed by atoms with Gasteiger partial charge in [-0.2, -0.15) is 4.98 Å². The molecule has 104 valence electrons. The summed E-state index contributed by atoms with van der Waals surface area (Å²) < 4.78 is 5.31. The topological polar surface area (TPSA) is 62.5 Å². The zero-order valence-corrected chi connectivity index (χ0v) is 11.5. The van der Waals surface area contributed by atoms with Crippen molar-refractivity contribution in [3.05, 3.63) is 11.7 Å². The van der Waals surface area contributed by atoms with Crippen LogP contribution < -0.4 is 0 Å². The van der Waals surface area contributed by atoms with Crippen LogP contribution in [0, 0.1) is 0 Å². The van der Waals surface area contributed by atoms with Crippen LogP contribution in [-0.2, 0) is 4.79 Å². The Bertz CT molecular complexity index is 465. The molecule has 3 fully saturated rings. The fourth-order valence-electron chi connectivity index (χ4n) is 3.02. The third-order valence-electron chi connectivity index (χ3n) is 4.23. The van der Waals surface area contributed by atoms with Crippen LogP contribution in [0.5, 0.6) is 0 Å². The fourth-order valence-corrected chi connectivity index (χ4v) is 3.02. The minimum absolute atomic E-state index is 0.0897. The molecule has 0 spiro atoms. The standard InChI is InChI=1S/C13H20N4O2/c1-3-10(9(2)18)13-14-12(15-19-13)11-8-16-4-6-17(11)7-5-16/h10-11H,3-8H2,1-2H3. The van der Waals surface area contributed by atoms with Crippen molar-refractivity contribution in [2.45, 2.75) is 32.2 Å². The molecule has 0 aromatic carbocycles. The van der Waals surface area contributed by atoms with E-state index in [1.807, 2.05) is 6.92 Å². The Morgan fingerprint density at radius 1 is 1.42 bits per heavy atom. The first-order valence-corrected chi connectivity index (χ1v) is 6.99. The normalized spacial score (nSPS) is 31.4. The maximum atomic E-state index is 11.5. The molecule has 0 radical (unpaired) electrons. The maximum Gasteiger partial charge on any atom is 0.237 e. The summed E-state index contributed by atoms with van der Waals surface area (Å²) in [6.45, 7) is 8.91. The van der Waals surface area contributed by atoms with Gasteiger partial charge in [-0.15, -0.1) is 0 Å². The summed E-state index contributed by atoms with van der Waals surface area (Å²) in [4.78, 5) is 20.9. The molecule has 2 bridgehead atoms. The average Bonchev–Trinajstić information content (AvgIpc) is 2.90. The number of fused-ring (bicyclic) bond motifs is 3. The van der Waals surface area contributed by atoms with Gasteiger partial charge in [0.25, 0.3) is 0 Å². The summed E-state index contributed by atoms with van der Waals surface area (Å²) in [5, 5.41) is 4.10. The van der Waals surface area contributed by atoms with E-state index in [9.17, 15) is 4.79 Å². The molecular weight excluding hydrogens is 244 g/mol. The first-order valence-electron chi connectivity index (χ1n) is 6.99. The summed E-state index contributed by atoms with van der Waals surface area (Å²) in [6.07, 6.45) is 0.706. The molecule has 0 saturated carbocycles. The predicted octanol–water partition coefficient (Wildman–Crippen LogP) is 0.824. The van der Waals surface area contributed by atoms with E-state index < -0.39 is 0 Å². The van der Waals surface area contributed by atoms with Crippen LogP contribution in [0.25, 0.3) is 0 Å². The highest BCUT2D eigenvalue weighted by molar-refractivity contribution is 5.82. The van der Waals surface area contributed by atoms with Gasteiger partial charge in [0.2, 0.25) is 5.89 Å². The Hall–Kier alpha value is -1.27. The second-order valence-corrected chi connectivity index (χ2v) is 5.41. The Kier molecular flexibility index (Phi) is 3.36. The van der Waals surface area contributed by atoms with Gasteiger partial charge in [0, 0.05) is 32.7 Å². The Morgan fingerprint density at radius 2 is 2.16 bits per heavy atom. The number of Topliss-reactive ketones (excluding diaryl/α,β-unsaturated/α-hetero) is 1. The number of carbonyl (C=O) groups excluding carboxylic acids is 1. The summed E-state index contributed by atoms with van der Waals surface area (Å²) >= 11 is 0. The molecule has 4 heterocycles. The van der Waals surface area contributed by atoms with E-state index in [4.69, 9.17) is 4.52 Å². The number of hydrogen-bond acceptors (Lipinski definition) is 6. The van der Waals surface area contributed by atoms with Crippen molar-refractivity contribution in [2.75, 3.05) is 32.7 Å². The van der Waals surface area contributed by atoms with Gasteiger partial charge in [-0.05, 0) is 13.3 Å². The minimum atomic E-state index is -0.252. The lowest BCUT2D eigenvalue weighted by Crippen LogP contribution is -2.57. The van der Waals surface area contributed by atoms with Gasteiger partial charge >= 0.3 is 0 Å². The minimum Gasteiger partial charge on any atom is -0.338 e. The molecule has 19 heavy (non-hydrogen) atoms. The number of piperazine rings is 3. The van der Waals surface area contributed by atoms with Crippen molar-refractivity contribution in [3.63, 3.8) is 0 Å².